The molecule has 0 aliphatic carbocycles. The van der Waals surface area contributed by atoms with Gasteiger partial charge in [0.25, 0.3) is 0 Å². The number of hydrogen-bond donors (Lipinski definition) is 1. The Bertz CT molecular complexity index is 174. The lowest BCUT2D eigenvalue weighted by atomic mass is 10.1. The van der Waals surface area contributed by atoms with Gasteiger partial charge < -0.3 is 5.11 Å². The first-order valence-corrected chi connectivity index (χ1v) is 4.45. The number of unbranched alkanes of at least 4 members (excludes halogenated alkanes) is 3. The van der Waals surface area contributed by atoms with Crippen LogP contribution in [0.1, 0.15) is 45.4 Å². The zero-order valence-corrected chi connectivity index (χ0v) is 7.60. The Kier molecular flexibility index (Phi) is 7.47. The van der Waals surface area contributed by atoms with Gasteiger partial charge in [-0.05, 0) is 12.8 Å². The van der Waals surface area contributed by atoms with E-state index in [9.17, 15) is 4.79 Å². The second-order valence-corrected chi connectivity index (χ2v) is 2.66. The molecule has 0 radical (unpaired) electrons. The van der Waals surface area contributed by atoms with Crippen LogP contribution in [0.15, 0.2) is 0 Å². The number of carbonyl (C=O) groups is 1. The molecule has 0 unspecified atom stereocenters. The van der Waals surface area contributed by atoms with Crippen molar-refractivity contribution in [3.05, 3.63) is 0 Å². The summed E-state index contributed by atoms with van der Waals surface area (Å²) < 4.78 is 0. The summed E-state index contributed by atoms with van der Waals surface area (Å²) in [6.45, 7) is 2.03. The van der Waals surface area contributed by atoms with Crippen LogP contribution in [0.4, 0.5) is 0 Å². The van der Waals surface area contributed by atoms with E-state index in [1.165, 1.54) is 0 Å². The predicted octanol–water partition coefficient (Wildman–Crippen LogP) is 2.43. The fourth-order valence-electron chi connectivity index (χ4n) is 0.880. The van der Waals surface area contributed by atoms with Gasteiger partial charge in [0, 0.05) is 19.3 Å². The summed E-state index contributed by atoms with van der Waals surface area (Å²) in [6.07, 6.45) is 4.90. The van der Waals surface area contributed by atoms with Crippen molar-refractivity contribution < 1.29 is 9.90 Å². The van der Waals surface area contributed by atoms with Gasteiger partial charge in [0.05, 0.1) is 0 Å². The molecule has 0 aromatic rings. The SMILES string of the molecule is CCC#CCCCCCC(=O)O. The van der Waals surface area contributed by atoms with Gasteiger partial charge in [0.15, 0.2) is 0 Å². The first-order valence-electron chi connectivity index (χ1n) is 4.45. The van der Waals surface area contributed by atoms with Crippen molar-refractivity contribution in [2.45, 2.75) is 45.4 Å². The summed E-state index contributed by atoms with van der Waals surface area (Å²) in [6, 6.07) is 0. The minimum Gasteiger partial charge on any atom is -0.481 e. The van der Waals surface area contributed by atoms with Gasteiger partial charge in [-0.15, -0.1) is 11.8 Å². The molecule has 0 fully saturated rings. The van der Waals surface area contributed by atoms with Crippen molar-refractivity contribution in [2.24, 2.45) is 0 Å². The van der Waals surface area contributed by atoms with Crippen molar-refractivity contribution in [1.29, 1.82) is 0 Å². The minimum atomic E-state index is -0.699. The van der Waals surface area contributed by atoms with E-state index in [1.54, 1.807) is 0 Å². The zero-order valence-electron chi connectivity index (χ0n) is 7.60. The van der Waals surface area contributed by atoms with Crippen LogP contribution >= 0.6 is 0 Å². The van der Waals surface area contributed by atoms with Crippen LogP contribution in [0.5, 0.6) is 0 Å². The molecular formula is C10H16O2. The highest BCUT2D eigenvalue weighted by Crippen LogP contribution is 2.01. The van der Waals surface area contributed by atoms with E-state index in [4.69, 9.17) is 5.11 Å². The highest BCUT2D eigenvalue weighted by molar-refractivity contribution is 5.66. The Morgan fingerprint density at radius 1 is 1.25 bits per heavy atom. The maximum absolute atomic E-state index is 10.1. The van der Waals surface area contributed by atoms with Crippen LogP contribution in [-0.4, -0.2) is 11.1 Å². The maximum Gasteiger partial charge on any atom is 0.303 e. The van der Waals surface area contributed by atoms with Gasteiger partial charge >= 0.3 is 5.97 Å². The zero-order chi connectivity index (χ0) is 9.23. The first-order chi connectivity index (χ1) is 5.77. The number of rotatable bonds is 5. The van der Waals surface area contributed by atoms with Gasteiger partial charge in [0.1, 0.15) is 0 Å². The third kappa shape index (κ3) is 9.03. The smallest absolute Gasteiger partial charge is 0.303 e. The molecule has 0 bridgehead atoms. The van der Waals surface area contributed by atoms with Crippen molar-refractivity contribution in [2.75, 3.05) is 0 Å². The molecule has 0 saturated carbocycles. The third-order valence-electron chi connectivity index (χ3n) is 1.49. The van der Waals surface area contributed by atoms with Crippen LogP contribution in [-0.2, 0) is 4.79 Å². The molecule has 1 N–H and O–H groups in total. The van der Waals surface area contributed by atoms with E-state index < -0.39 is 5.97 Å². The van der Waals surface area contributed by atoms with Crippen molar-refractivity contribution in [3.63, 3.8) is 0 Å². The summed E-state index contributed by atoms with van der Waals surface area (Å²) in [7, 11) is 0. The average Bonchev–Trinajstić information content (AvgIpc) is 2.02. The molecule has 0 amide bonds. The van der Waals surface area contributed by atoms with Crippen LogP contribution in [0.2, 0.25) is 0 Å². The lowest BCUT2D eigenvalue weighted by molar-refractivity contribution is -0.137. The Morgan fingerprint density at radius 2 is 2.00 bits per heavy atom. The second kappa shape index (κ2) is 8.13. The standard InChI is InChI=1S/C10H16O2/c1-2-3-4-5-6-7-8-9-10(11)12/h2,5-9H2,1H3,(H,11,12). The molecule has 2 nitrogen and oxygen atoms in total. The summed E-state index contributed by atoms with van der Waals surface area (Å²) in [4.78, 5) is 10.1. The molecule has 0 aromatic heterocycles. The van der Waals surface area contributed by atoms with E-state index in [-0.39, 0.29) is 0 Å². The summed E-state index contributed by atoms with van der Waals surface area (Å²) >= 11 is 0. The van der Waals surface area contributed by atoms with Crippen molar-refractivity contribution in [3.8, 4) is 11.8 Å². The van der Waals surface area contributed by atoms with Crippen LogP contribution in [0, 0.1) is 11.8 Å². The van der Waals surface area contributed by atoms with Crippen LogP contribution in [0.25, 0.3) is 0 Å². The highest BCUT2D eigenvalue weighted by Gasteiger charge is 1.94. The number of carboxylic acids is 1. The Morgan fingerprint density at radius 3 is 2.58 bits per heavy atom. The molecule has 0 aliphatic rings. The summed E-state index contributed by atoms with van der Waals surface area (Å²) in [5.41, 5.74) is 0. The van der Waals surface area contributed by atoms with E-state index >= 15 is 0 Å². The van der Waals surface area contributed by atoms with Gasteiger partial charge in [0.2, 0.25) is 0 Å². The molecule has 0 atom stereocenters. The minimum absolute atomic E-state index is 0.293. The molecule has 0 heterocycles. The second-order valence-electron chi connectivity index (χ2n) is 2.66. The number of hydrogen-bond acceptors (Lipinski definition) is 1. The van der Waals surface area contributed by atoms with Gasteiger partial charge in [-0.3, -0.25) is 4.79 Å². The average molecular weight is 168 g/mol. The van der Waals surface area contributed by atoms with Crippen molar-refractivity contribution >= 4 is 5.97 Å². The quantitative estimate of drug-likeness (QED) is 0.505. The van der Waals surface area contributed by atoms with Crippen LogP contribution in [0.3, 0.4) is 0 Å². The Hall–Kier alpha value is -0.970. The van der Waals surface area contributed by atoms with E-state index in [2.05, 4.69) is 11.8 Å². The monoisotopic (exact) mass is 168 g/mol. The maximum atomic E-state index is 10.1. The molecule has 12 heavy (non-hydrogen) atoms. The summed E-state index contributed by atoms with van der Waals surface area (Å²) in [5, 5.41) is 8.33. The Balaban J connectivity index is 3.06. The van der Waals surface area contributed by atoms with Crippen LogP contribution < -0.4 is 0 Å². The molecule has 0 aliphatic heterocycles. The topological polar surface area (TPSA) is 37.3 Å². The number of carboxylic acid groups (broad SMARTS) is 1. The first kappa shape index (κ1) is 11.0. The fraction of sp³-hybridized carbons (Fsp3) is 0.700. The largest absolute Gasteiger partial charge is 0.481 e. The molecule has 0 rings (SSSR count). The number of aliphatic carboxylic acids is 1. The molecule has 2 heteroatoms. The molecule has 0 saturated heterocycles. The lowest BCUT2D eigenvalue weighted by Gasteiger charge is -1.93. The lowest BCUT2D eigenvalue weighted by Crippen LogP contribution is -1.93. The normalized spacial score (nSPS) is 8.75. The van der Waals surface area contributed by atoms with Gasteiger partial charge in [-0.25, -0.2) is 0 Å². The van der Waals surface area contributed by atoms with E-state index in [0.29, 0.717) is 6.42 Å². The fourth-order valence-corrected chi connectivity index (χ4v) is 0.880. The summed E-state index contributed by atoms with van der Waals surface area (Å²) in [5.74, 6) is 5.31. The predicted molar refractivity (Wildman–Crippen MR) is 48.8 cm³/mol. The molecule has 0 spiro atoms. The molecular weight excluding hydrogens is 152 g/mol. The Labute approximate surface area is 74.0 Å². The highest BCUT2D eigenvalue weighted by atomic mass is 16.4. The van der Waals surface area contributed by atoms with E-state index in [0.717, 1.165) is 32.1 Å². The van der Waals surface area contributed by atoms with Gasteiger partial charge in [-0.2, -0.15) is 0 Å². The third-order valence-corrected chi connectivity index (χ3v) is 1.49. The van der Waals surface area contributed by atoms with E-state index in [1.807, 2.05) is 6.92 Å². The molecule has 68 valence electrons. The van der Waals surface area contributed by atoms with Gasteiger partial charge in [-0.1, -0.05) is 13.3 Å². The molecule has 0 aromatic carbocycles. The van der Waals surface area contributed by atoms with Crippen molar-refractivity contribution in [1.82, 2.24) is 0 Å².